The fourth-order valence-corrected chi connectivity index (χ4v) is 1.13. The van der Waals surface area contributed by atoms with Gasteiger partial charge in [-0.05, 0) is 20.9 Å². The summed E-state index contributed by atoms with van der Waals surface area (Å²) in [6.45, 7) is 5.71. The van der Waals surface area contributed by atoms with Gasteiger partial charge in [0.25, 0.3) is 0 Å². The average molecular weight is 222 g/mol. The highest BCUT2D eigenvalue weighted by Gasteiger charge is 2.26. The molecule has 0 N–H and O–H groups in total. The minimum atomic E-state index is -0.514. The Morgan fingerprint density at radius 1 is 1.25 bits per heavy atom. The van der Waals surface area contributed by atoms with Gasteiger partial charge < -0.3 is 0 Å². The molecule has 0 bridgehead atoms. The van der Waals surface area contributed by atoms with Crippen molar-refractivity contribution in [3.63, 3.8) is 0 Å². The van der Waals surface area contributed by atoms with E-state index in [4.69, 9.17) is 0 Å². The lowest BCUT2D eigenvalue weighted by molar-refractivity contribution is 0.235. The lowest BCUT2D eigenvalue weighted by atomic mass is 9.96. The molecule has 0 atom stereocenters. The Labute approximate surface area is 90.4 Å². The summed E-state index contributed by atoms with van der Waals surface area (Å²) in [7, 11) is 0. The van der Waals surface area contributed by atoms with Crippen molar-refractivity contribution >= 4 is 6.03 Å². The van der Waals surface area contributed by atoms with Crippen LogP contribution in [0.25, 0.3) is 0 Å². The number of rotatable bonds is 0. The topological polar surface area (TPSA) is 104 Å². The van der Waals surface area contributed by atoms with Crippen molar-refractivity contribution in [2.75, 3.05) is 0 Å². The second-order valence-corrected chi connectivity index (χ2v) is 4.20. The van der Waals surface area contributed by atoms with E-state index in [2.05, 4.69) is 31.1 Å². The zero-order valence-corrected chi connectivity index (χ0v) is 9.06. The molecule has 2 aromatic rings. The maximum atomic E-state index is 11.9. The fourth-order valence-electron chi connectivity index (χ4n) is 1.13. The molecule has 0 saturated carbocycles. The first kappa shape index (κ1) is 10.3. The molecular formula is C7H10N8O. The number of nitrogens with zero attached hydrogens (tertiary/aromatic N) is 8. The number of aromatic nitrogens is 8. The maximum Gasteiger partial charge on any atom is 0.375 e. The highest BCUT2D eigenvalue weighted by Crippen LogP contribution is 2.18. The first-order chi connectivity index (χ1) is 7.50. The summed E-state index contributed by atoms with van der Waals surface area (Å²) in [6.07, 6.45) is 1.19. The van der Waals surface area contributed by atoms with Crippen LogP contribution in [0, 0.1) is 0 Å². The number of carbonyl (C=O) groups is 1. The van der Waals surface area contributed by atoms with E-state index in [0.717, 1.165) is 9.36 Å². The monoisotopic (exact) mass is 222 g/mol. The Morgan fingerprint density at radius 3 is 2.56 bits per heavy atom. The Kier molecular flexibility index (Phi) is 2.22. The van der Waals surface area contributed by atoms with Gasteiger partial charge in [0.15, 0.2) is 5.82 Å². The van der Waals surface area contributed by atoms with E-state index in [9.17, 15) is 4.79 Å². The quantitative estimate of drug-likeness (QED) is 0.552. The second kappa shape index (κ2) is 3.43. The summed E-state index contributed by atoms with van der Waals surface area (Å²) in [6, 6.07) is -0.514. The highest BCUT2D eigenvalue weighted by atomic mass is 16.2. The highest BCUT2D eigenvalue weighted by molar-refractivity contribution is 5.77. The van der Waals surface area contributed by atoms with Crippen molar-refractivity contribution in [2.24, 2.45) is 0 Å². The van der Waals surface area contributed by atoms with Gasteiger partial charge in [0, 0.05) is 5.41 Å². The number of tetrazole rings is 2. The van der Waals surface area contributed by atoms with Crippen molar-refractivity contribution in [1.29, 1.82) is 0 Å². The summed E-state index contributed by atoms with van der Waals surface area (Å²) >= 11 is 0. The minimum Gasteiger partial charge on any atom is -0.243 e. The molecule has 0 aliphatic rings. The van der Waals surface area contributed by atoms with Gasteiger partial charge in [0.05, 0.1) is 0 Å². The van der Waals surface area contributed by atoms with Crippen molar-refractivity contribution < 1.29 is 4.79 Å². The molecule has 0 aliphatic heterocycles. The van der Waals surface area contributed by atoms with Crippen LogP contribution in [0.5, 0.6) is 0 Å². The predicted molar refractivity (Wildman–Crippen MR) is 50.5 cm³/mol. The third-order valence-corrected chi connectivity index (χ3v) is 1.87. The van der Waals surface area contributed by atoms with E-state index in [-0.39, 0.29) is 5.41 Å². The molecule has 0 saturated heterocycles. The zero-order chi connectivity index (χ0) is 11.8. The smallest absolute Gasteiger partial charge is 0.243 e. The minimum absolute atomic E-state index is 0.340. The van der Waals surface area contributed by atoms with E-state index in [1.165, 1.54) is 6.33 Å². The average Bonchev–Trinajstić information content (AvgIpc) is 2.87. The molecule has 84 valence electrons. The van der Waals surface area contributed by atoms with Gasteiger partial charge in [-0.1, -0.05) is 20.8 Å². The molecule has 0 radical (unpaired) electrons. The van der Waals surface area contributed by atoms with Gasteiger partial charge in [-0.3, -0.25) is 0 Å². The Bertz CT molecular complexity index is 493. The standard InChI is InChI=1S/C7H10N8O/c1-7(2,3)5-9-11-13-15(5)6(16)14-4-8-10-12-14/h4H,1-3H3. The van der Waals surface area contributed by atoms with Gasteiger partial charge in [0.2, 0.25) is 0 Å². The molecule has 2 heterocycles. The molecule has 0 unspecified atom stereocenters. The van der Waals surface area contributed by atoms with Crippen molar-refractivity contribution in [3.8, 4) is 0 Å². The normalized spacial score (nSPS) is 11.7. The van der Waals surface area contributed by atoms with Crippen LogP contribution in [0.1, 0.15) is 26.6 Å². The van der Waals surface area contributed by atoms with Crippen LogP contribution in [0.2, 0.25) is 0 Å². The summed E-state index contributed by atoms with van der Waals surface area (Å²) < 4.78 is 2.04. The maximum absolute atomic E-state index is 11.9. The molecule has 0 fully saturated rings. The molecule has 0 amide bonds. The van der Waals surface area contributed by atoms with Gasteiger partial charge in [-0.15, -0.1) is 19.6 Å². The first-order valence-electron chi connectivity index (χ1n) is 4.56. The first-order valence-corrected chi connectivity index (χ1v) is 4.56. The summed E-state index contributed by atoms with van der Waals surface area (Å²) in [5.41, 5.74) is -0.340. The number of hydrogen-bond acceptors (Lipinski definition) is 7. The van der Waals surface area contributed by atoms with E-state index < -0.39 is 6.03 Å². The van der Waals surface area contributed by atoms with Crippen LogP contribution < -0.4 is 0 Å². The Morgan fingerprint density at radius 2 is 2.00 bits per heavy atom. The summed E-state index contributed by atoms with van der Waals surface area (Å²) in [5.74, 6) is 0.452. The van der Waals surface area contributed by atoms with Crippen LogP contribution in [0.4, 0.5) is 4.79 Å². The van der Waals surface area contributed by atoms with E-state index >= 15 is 0 Å². The van der Waals surface area contributed by atoms with Gasteiger partial charge in [-0.2, -0.15) is 0 Å². The molecule has 0 aromatic carbocycles. The molecule has 0 spiro atoms. The molecule has 0 aliphatic carbocycles. The molecule has 2 aromatic heterocycles. The second-order valence-electron chi connectivity index (χ2n) is 4.20. The largest absolute Gasteiger partial charge is 0.375 e. The fraction of sp³-hybridized carbons (Fsp3) is 0.571. The zero-order valence-electron chi connectivity index (χ0n) is 9.06. The number of hydrogen-bond donors (Lipinski definition) is 0. The molecule has 2 rings (SSSR count). The predicted octanol–water partition coefficient (Wildman–Crippen LogP) is -0.527. The lowest BCUT2D eigenvalue weighted by Crippen LogP contribution is -2.28. The van der Waals surface area contributed by atoms with Crippen LogP contribution in [0.3, 0.4) is 0 Å². The van der Waals surface area contributed by atoms with Crippen LogP contribution in [0.15, 0.2) is 6.33 Å². The van der Waals surface area contributed by atoms with Gasteiger partial charge >= 0.3 is 6.03 Å². The number of carbonyl (C=O) groups excluding carboxylic acids is 1. The Hall–Kier alpha value is -2.19. The van der Waals surface area contributed by atoms with Gasteiger partial charge in [0.1, 0.15) is 6.33 Å². The van der Waals surface area contributed by atoms with E-state index in [1.807, 2.05) is 20.8 Å². The van der Waals surface area contributed by atoms with Crippen LogP contribution in [-0.2, 0) is 5.41 Å². The third kappa shape index (κ3) is 1.66. The van der Waals surface area contributed by atoms with Crippen molar-refractivity contribution in [1.82, 2.24) is 40.4 Å². The lowest BCUT2D eigenvalue weighted by Gasteiger charge is -2.15. The van der Waals surface area contributed by atoms with Crippen molar-refractivity contribution in [3.05, 3.63) is 12.2 Å². The SMILES string of the molecule is CC(C)(C)c1nnnn1C(=O)n1cnnn1. The van der Waals surface area contributed by atoms with E-state index in [1.54, 1.807) is 0 Å². The molecule has 9 nitrogen and oxygen atoms in total. The molecular weight excluding hydrogens is 212 g/mol. The van der Waals surface area contributed by atoms with Crippen LogP contribution >= 0.6 is 0 Å². The van der Waals surface area contributed by atoms with Crippen molar-refractivity contribution in [2.45, 2.75) is 26.2 Å². The van der Waals surface area contributed by atoms with Crippen LogP contribution in [-0.4, -0.2) is 46.4 Å². The third-order valence-electron chi connectivity index (χ3n) is 1.87. The Balaban J connectivity index is 2.43. The summed E-state index contributed by atoms with van der Waals surface area (Å²) in [4.78, 5) is 11.9. The van der Waals surface area contributed by atoms with Gasteiger partial charge in [-0.25, -0.2) is 4.79 Å². The molecule has 9 heteroatoms. The summed E-state index contributed by atoms with van der Waals surface area (Å²) in [5, 5.41) is 21.2. The van der Waals surface area contributed by atoms with E-state index in [0.29, 0.717) is 5.82 Å². The molecule has 16 heavy (non-hydrogen) atoms.